The maximum atomic E-state index is 14.8. The van der Waals surface area contributed by atoms with Gasteiger partial charge in [-0.1, -0.05) is 11.3 Å². The number of anilines is 2. The summed E-state index contributed by atoms with van der Waals surface area (Å²) in [6, 6.07) is 5.75. The number of ether oxygens (including phenoxy) is 3. The Bertz CT molecular complexity index is 1680. The van der Waals surface area contributed by atoms with Crippen LogP contribution in [0.15, 0.2) is 24.4 Å². The van der Waals surface area contributed by atoms with E-state index in [0.29, 0.717) is 46.8 Å². The average Bonchev–Trinajstić information content (AvgIpc) is 3.41. The summed E-state index contributed by atoms with van der Waals surface area (Å²) in [5, 5.41) is 7.04. The van der Waals surface area contributed by atoms with E-state index in [0.717, 1.165) is 11.6 Å². The molecule has 6 aliphatic carbocycles. The van der Waals surface area contributed by atoms with Gasteiger partial charge < -0.3 is 29.7 Å². The molecular weight excluding hydrogens is 549 g/mol. The van der Waals surface area contributed by atoms with Gasteiger partial charge in [-0.2, -0.15) is 0 Å². The lowest BCUT2D eigenvalue weighted by Crippen LogP contribution is -3.16. The number of hydrogen-bond acceptors (Lipinski definition) is 9. The number of morpholine rings is 1. The number of rotatable bonds is 7. The lowest BCUT2D eigenvalue weighted by molar-refractivity contribution is -0.614. The minimum Gasteiger partial charge on any atom is -0.496 e. The quantitative estimate of drug-likeness (QED) is 0.442. The summed E-state index contributed by atoms with van der Waals surface area (Å²) in [5.74, 6) is 1.14. The number of carbonyl (C=O) groups excluding carboxylic acids is 2. The maximum absolute atomic E-state index is 14.8. The molecule has 8 aliphatic rings. The van der Waals surface area contributed by atoms with Crippen molar-refractivity contribution in [2.24, 2.45) is 35.5 Å². The second-order valence-electron chi connectivity index (χ2n) is 12.6. The molecule has 10 nitrogen and oxygen atoms in total. The third-order valence-corrected chi connectivity index (χ3v) is 12.6. The van der Waals surface area contributed by atoms with Crippen LogP contribution in [0.3, 0.4) is 0 Å². The lowest BCUT2D eigenvalue weighted by Gasteiger charge is -3.08. The predicted molar refractivity (Wildman–Crippen MR) is 145 cm³/mol. The highest BCUT2D eigenvalue weighted by atomic mass is 32.1. The molecule has 11 rings (SSSR count). The number of alkyl halides is 1. The molecule has 0 spiro atoms. The molecule has 0 radical (unpaired) electrons. The first-order valence-electron chi connectivity index (χ1n) is 14.1. The van der Waals surface area contributed by atoms with Crippen molar-refractivity contribution in [2.75, 3.05) is 37.7 Å². The van der Waals surface area contributed by atoms with Crippen LogP contribution in [-0.2, 0) is 4.74 Å². The zero-order valence-corrected chi connectivity index (χ0v) is 23.0. The van der Waals surface area contributed by atoms with Gasteiger partial charge in [0.25, 0.3) is 11.8 Å². The lowest BCUT2D eigenvalue weighted by atomic mass is 8.97. The molecule has 6 saturated carbocycles. The van der Waals surface area contributed by atoms with E-state index in [1.807, 2.05) is 6.07 Å². The Kier molecular flexibility index (Phi) is 4.00. The summed E-state index contributed by atoms with van der Waals surface area (Å²) in [5.41, 5.74) is 0.399. The number of amides is 2. The Morgan fingerprint density at radius 2 is 1.80 bits per heavy atom. The average molecular weight is 576 g/mol. The standard InChI is InChI=1S/C29H26FN5O5S/c1-38-15-4-3-13-24(41-27(33-13)35-10-5-11(35)9-40-8-10)17(15)26(37)32-14-7-31-16(39-2)6-12(14)25(36)34-29-21-18-22(29)20-23(29)19(21)28(18,20)30/h3-4,6-7,10-11,18-23H,5,8-9H2,1-2H3,(H,32,37)(H,34,36). The van der Waals surface area contributed by atoms with E-state index in [4.69, 9.17) is 19.2 Å². The molecule has 2 aromatic heterocycles. The molecular formula is C29H26FN5O5S. The second kappa shape index (κ2) is 7.09. The summed E-state index contributed by atoms with van der Waals surface area (Å²) < 4.78 is 32.1. The van der Waals surface area contributed by atoms with Crippen LogP contribution in [0.25, 0.3) is 10.2 Å². The van der Waals surface area contributed by atoms with Crippen LogP contribution < -0.4 is 25.0 Å². The summed E-state index contributed by atoms with van der Waals surface area (Å²) in [7, 11) is 3.00. The Morgan fingerprint density at radius 3 is 2.46 bits per heavy atom. The van der Waals surface area contributed by atoms with Crippen molar-refractivity contribution >= 4 is 44.2 Å². The predicted octanol–water partition coefficient (Wildman–Crippen LogP) is 2.88. The molecule has 8 fully saturated rings. The summed E-state index contributed by atoms with van der Waals surface area (Å²) in [6.07, 6.45) is 2.52. The first-order valence-corrected chi connectivity index (χ1v) is 14.9. The van der Waals surface area contributed by atoms with E-state index in [-0.39, 0.29) is 64.1 Å². The SMILES string of the molecule is COc1cc(C(=O)NC23C4C5C2C2C3C4C52F)c(NC(=O)c2c(OC)ccc3nc(N4C5COCC4C5)sc23)cn1. The Hall–Kier alpha value is -3.51. The van der Waals surface area contributed by atoms with Crippen molar-refractivity contribution in [1.29, 1.82) is 0 Å². The highest BCUT2D eigenvalue weighted by Crippen LogP contribution is 3.04. The summed E-state index contributed by atoms with van der Waals surface area (Å²) in [4.78, 5) is 38.9. The molecule has 1 aromatic carbocycles. The zero-order chi connectivity index (χ0) is 27.6. The van der Waals surface area contributed by atoms with E-state index < -0.39 is 11.6 Å². The van der Waals surface area contributed by atoms with Gasteiger partial charge in [-0.3, -0.25) is 9.59 Å². The number of methoxy groups -OCH3 is 2. The van der Waals surface area contributed by atoms with E-state index in [1.54, 1.807) is 6.07 Å². The van der Waals surface area contributed by atoms with Crippen molar-refractivity contribution in [3.63, 3.8) is 0 Å². The van der Waals surface area contributed by atoms with Gasteiger partial charge in [-0.25, -0.2) is 14.4 Å². The normalized spacial score (nSPS) is 40.5. The third kappa shape index (κ3) is 2.30. The van der Waals surface area contributed by atoms with E-state index in [2.05, 4.69) is 20.5 Å². The number of aromatic nitrogens is 2. The number of carbonyl (C=O) groups is 2. The zero-order valence-electron chi connectivity index (χ0n) is 22.2. The topological polar surface area (TPSA) is 115 Å². The number of benzene rings is 1. The third-order valence-electron chi connectivity index (χ3n) is 11.5. The van der Waals surface area contributed by atoms with E-state index >= 15 is 0 Å². The molecule has 2 unspecified atom stereocenters. The Labute approximate surface area is 237 Å². The number of pyridine rings is 1. The fraction of sp³-hybridized carbons (Fsp3) is 0.517. The molecule has 2 aliphatic heterocycles. The number of thiazole rings is 1. The molecule has 3 aromatic rings. The minimum atomic E-state index is -0.926. The number of nitrogens with one attached hydrogen (secondary N) is 2. The maximum Gasteiger partial charge on any atom is 0.261 e. The molecule has 2 atom stereocenters. The molecule has 2 saturated heterocycles. The van der Waals surface area contributed by atoms with Gasteiger partial charge in [0.2, 0.25) is 5.88 Å². The van der Waals surface area contributed by atoms with Gasteiger partial charge in [0, 0.05) is 23.8 Å². The number of halogens is 1. The van der Waals surface area contributed by atoms with Gasteiger partial charge in [-0.15, -0.1) is 0 Å². The molecule has 41 heavy (non-hydrogen) atoms. The van der Waals surface area contributed by atoms with Crippen molar-refractivity contribution in [2.45, 2.75) is 29.7 Å². The number of hydrogen-bond donors (Lipinski definition) is 2. The molecule has 4 heterocycles. The van der Waals surface area contributed by atoms with Crippen LogP contribution in [0.1, 0.15) is 27.1 Å². The summed E-state index contributed by atoms with van der Waals surface area (Å²) in [6.45, 7) is 1.36. The molecule has 2 N–H and O–H groups in total. The van der Waals surface area contributed by atoms with Crippen molar-refractivity contribution < 1.29 is 28.2 Å². The van der Waals surface area contributed by atoms with Crippen LogP contribution in [-0.4, -0.2) is 72.5 Å². The Balaban J connectivity index is 0.969. The van der Waals surface area contributed by atoms with Crippen molar-refractivity contribution in [1.82, 2.24) is 15.3 Å². The van der Waals surface area contributed by atoms with Crippen LogP contribution >= 0.6 is 11.3 Å². The van der Waals surface area contributed by atoms with Crippen LogP contribution in [0.5, 0.6) is 11.6 Å². The highest BCUT2D eigenvalue weighted by molar-refractivity contribution is 7.22. The highest BCUT2D eigenvalue weighted by Gasteiger charge is 3.11. The Morgan fingerprint density at radius 1 is 1.07 bits per heavy atom. The fourth-order valence-electron chi connectivity index (χ4n) is 10.0. The first kappa shape index (κ1) is 23.1. The summed E-state index contributed by atoms with van der Waals surface area (Å²) >= 11 is 1.46. The number of nitrogens with zero attached hydrogens (tertiary/aromatic N) is 3. The largest absolute Gasteiger partial charge is 0.496 e. The smallest absolute Gasteiger partial charge is 0.261 e. The van der Waals surface area contributed by atoms with Gasteiger partial charge in [-0.05, 0) is 36.3 Å². The molecule has 12 heteroatoms. The van der Waals surface area contributed by atoms with Crippen molar-refractivity contribution in [3.8, 4) is 11.6 Å². The van der Waals surface area contributed by atoms with Crippen molar-refractivity contribution in [3.05, 3.63) is 35.5 Å². The van der Waals surface area contributed by atoms with Gasteiger partial charge >= 0.3 is 0 Å². The van der Waals surface area contributed by atoms with Crippen LogP contribution in [0.4, 0.5) is 15.2 Å². The molecule has 2 bridgehead atoms. The number of fused-ring (bicyclic) bond motifs is 3. The fourth-order valence-corrected chi connectivity index (χ4v) is 11.3. The molecule has 210 valence electrons. The van der Waals surface area contributed by atoms with Gasteiger partial charge in [0.1, 0.15) is 17.0 Å². The van der Waals surface area contributed by atoms with Gasteiger partial charge in [0.15, 0.2) is 5.13 Å². The van der Waals surface area contributed by atoms with Crippen LogP contribution in [0, 0.1) is 35.5 Å². The van der Waals surface area contributed by atoms with Crippen LogP contribution in [0.2, 0.25) is 0 Å². The monoisotopic (exact) mass is 575 g/mol. The van der Waals surface area contributed by atoms with E-state index in [9.17, 15) is 14.0 Å². The minimum absolute atomic E-state index is 0.134. The van der Waals surface area contributed by atoms with Gasteiger partial charge in [0.05, 0.1) is 72.7 Å². The second-order valence-corrected chi connectivity index (χ2v) is 13.5. The first-order chi connectivity index (χ1) is 19.9. The van der Waals surface area contributed by atoms with E-state index in [1.165, 1.54) is 37.8 Å². The molecule has 2 amide bonds.